The third-order valence-corrected chi connectivity index (χ3v) is 8.00. The lowest BCUT2D eigenvalue weighted by molar-refractivity contribution is 0.175. The summed E-state index contributed by atoms with van der Waals surface area (Å²) in [6, 6.07) is 4.15. The smallest absolute Gasteiger partial charge is 0.296 e. The molecule has 9 heteroatoms. The Morgan fingerprint density at radius 3 is 2.04 bits per heavy atom. The van der Waals surface area contributed by atoms with Crippen LogP contribution in [-0.4, -0.2) is 70.3 Å². The normalized spacial score (nSPS) is 17.1. The van der Waals surface area contributed by atoms with E-state index in [1.54, 1.807) is 27.5 Å². The maximum absolute atomic E-state index is 12.7. The Bertz CT molecular complexity index is 1010. The summed E-state index contributed by atoms with van der Waals surface area (Å²) in [7, 11) is 0.217. The zero-order chi connectivity index (χ0) is 20.6. The predicted molar refractivity (Wildman–Crippen MR) is 112 cm³/mol. The van der Waals surface area contributed by atoms with E-state index in [4.69, 9.17) is 0 Å². The lowest BCUT2D eigenvalue weighted by atomic mass is 10.1. The van der Waals surface area contributed by atoms with E-state index in [9.17, 15) is 13.2 Å². The molecule has 0 aliphatic carbocycles. The first kappa shape index (κ1) is 21.0. The zero-order valence-electron chi connectivity index (χ0n) is 17.5. The van der Waals surface area contributed by atoms with Crippen LogP contribution in [0.25, 0.3) is 11.0 Å². The van der Waals surface area contributed by atoms with Gasteiger partial charge in [-0.3, -0.25) is 14.0 Å². The van der Waals surface area contributed by atoms with Gasteiger partial charge in [-0.15, -0.1) is 0 Å². The average Bonchev–Trinajstić information content (AvgIpc) is 2.87. The van der Waals surface area contributed by atoms with E-state index < -0.39 is 10.2 Å². The van der Waals surface area contributed by atoms with Crippen molar-refractivity contribution in [1.29, 1.82) is 0 Å². The van der Waals surface area contributed by atoms with E-state index in [0.717, 1.165) is 23.1 Å². The summed E-state index contributed by atoms with van der Waals surface area (Å²) in [5.74, 6) is 0. The molecule has 0 spiro atoms. The number of nitrogens with zero attached hydrogens (tertiary/aromatic N) is 5. The molecule has 28 heavy (non-hydrogen) atoms. The Hall–Kier alpha value is -1.68. The fourth-order valence-corrected chi connectivity index (χ4v) is 5.54. The van der Waals surface area contributed by atoms with Gasteiger partial charge >= 0.3 is 5.69 Å². The van der Waals surface area contributed by atoms with Gasteiger partial charge in [0.25, 0.3) is 10.2 Å². The number of hydrogen-bond acceptors (Lipinski definition) is 4. The molecule has 0 saturated carbocycles. The Balaban J connectivity index is 1.74. The molecule has 1 fully saturated rings. The topological polar surface area (TPSA) is 70.8 Å². The van der Waals surface area contributed by atoms with Crippen LogP contribution in [0.15, 0.2) is 16.9 Å². The highest BCUT2D eigenvalue weighted by Gasteiger charge is 2.30. The number of rotatable bonds is 6. The maximum Gasteiger partial charge on any atom is 0.328 e. The van der Waals surface area contributed by atoms with E-state index in [1.165, 1.54) is 9.87 Å². The van der Waals surface area contributed by atoms with Gasteiger partial charge in [0.1, 0.15) is 0 Å². The minimum atomic E-state index is -3.37. The average molecular weight is 410 g/mol. The molecule has 1 aliphatic heterocycles. The van der Waals surface area contributed by atoms with Crippen LogP contribution in [0.5, 0.6) is 0 Å². The van der Waals surface area contributed by atoms with Gasteiger partial charge in [0, 0.05) is 59.9 Å². The molecule has 3 rings (SSSR count). The molecule has 2 heterocycles. The van der Waals surface area contributed by atoms with Gasteiger partial charge in [0.05, 0.1) is 11.0 Å². The van der Waals surface area contributed by atoms with Crippen molar-refractivity contribution in [2.24, 2.45) is 14.1 Å². The van der Waals surface area contributed by atoms with Gasteiger partial charge in [-0.05, 0) is 30.2 Å². The number of piperazine rings is 1. The van der Waals surface area contributed by atoms with Crippen molar-refractivity contribution in [1.82, 2.24) is 22.6 Å². The van der Waals surface area contributed by atoms with Crippen molar-refractivity contribution in [3.05, 3.63) is 33.7 Å². The second-order valence-corrected chi connectivity index (χ2v) is 9.36. The summed E-state index contributed by atoms with van der Waals surface area (Å²) in [4.78, 5) is 14.5. The molecule has 1 aliphatic rings. The summed E-state index contributed by atoms with van der Waals surface area (Å²) in [5, 5.41) is 0. The van der Waals surface area contributed by atoms with Gasteiger partial charge < -0.3 is 0 Å². The predicted octanol–water partition coefficient (Wildman–Crippen LogP) is 0.890. The largest absolute Gasteiger partial charge is 0.328 e. The summed E-state index contributed by atoms with van der Waals surface area (Å²) in [5.41, 5.74) is 4.15. The van der Waals surface area contributed by atoms with Gasteiger partial charge in [-0.1, -0.05) is 13.8 Å². The molecular formula is C19H31N5O3S. The monoisotopic (exact) mass is 409 g/mol. The highest BCUT2D eigenvalue weighted by molar-refractivity contribution is 7.86. The van der Waals surface area contributed by atoms with Crippen molar-refractivity contribution in [2.45, 2.75) is 27.3 Å². The number of imidazole rings is 1. The fraction of sp³-hybridized carbons (Fsp3) is 0.632. The summed E-state index contributed by atoms with van der Waals surface area (Å²) >= 11 is 0. The number of aryl methyl sites for hydroxylation is 3. The molecule has 156 valence electrons. The van der Waals surface area contributed by atoms with Gasteiger partial charge in [0.2, 0.25) is 0 Å². The third kappa shape index (κ3) is 3.63. The molecule has 0 amide bonds. The molecule has 0 atom stereocenters. The molecule has 0 N–H and O–H groups in total. The van der Waals surface area contributed by atoms with Crippen LogP contribution in [0.1, 0.15) is 25.0 Å². The number of hydrogen-bond donors (Lipinski definition) is 0. The van der Waals surface area contributed by atoms with Crippen molar-refractivity contribution < 1.29 is 8.42 Å². The van der Waals surface area contributed by atoms with Crippen molar-refractivity contribution in [2.75, 3.05) is 39.3 Å². The SMILES string of the molecule is CCN(CC)S(=O)(=O)N1CCN(Cc2cc3c(cc2C)n(C)c(=O)n3C)CC1. The van der Waals surface area contributed by atoms with E-state index >= 15 is 0 Å². The molecule has 2 aromatic rings. The second kappa shape index (κ2) is 7.98. The Morgan fingerprint density at radius 2 is 1.50 bits per heavy atom. The maximum atomic E-state index is 12.7. The van der Waals surface area contributed by atoms with Crippen LogP contribution in [-0.2, 0) is 30.8 Å². The molecule has 1 saturated heterocycles. The minimum Gasteiger partial charge on any atom is -0.296 e. The highest BCUT2D eigenvalue weighted by Crippen LogP contribution is 2.21. The van der Waals surface area contributed by atoms with Gasteiger partial charge in [-0.25, -0.2) is 4.79 Å². The van der Waals surface area contributed by atoms with E-state index in [1.807, 2.05) is 13.8 Å². The molecular weight excluding hydrogens is 378 g/mol. The fourth-order valence-electron chi connectivity index (χ4n) is 3.94. The first-order valence-corrected chi connectivity index (χ1v) is 11.2. The zero-order valence-corrected chi connectivity index (χ0v) is 18.3. The lowest BCUT2D eigenvalue weighted by Gasteiger charge is -2.36. The molecule has 8 nitrogen and oxygen atoms in total. The number of aromatic nitrogens is 2. The summed E-state index contributed by atoms with van der Waals surface area (Å²) in [6.07, 6.45) is 0. The molecule has 0 radical (unpaired) electrons. The van der Waals surface area contributed by atoms with Crippen LogP contribution in [0, 0.1) is 6.92 Å². The minimum absolute atomic E-state index is 0.0261. The number of benzene rings is 1. The first-order valence-electron chi connectivity index (χ1n) is 9.83. The van der Waals surface area contributed by atoms with Gasteiger partial charge in [0.15, 0.2) is 0 Å². The van der Waals surface area contributed by atoms with Crippen molar-refractivity contribution >= 4 is 21.2 Å². The van der Waals surface area contributed by atoms with Gasteiger partial charge in [-0.2, -0.15) is 17.0 Å². The summed E-state index contributed by atoms with van der Waals surface area (Å²) < 4.78 is 31.8. The third-order valence-electron chi connectivity index (χ3n) is 5.81. The quantitative estimate of drug-likeness (QED) is 0.711. The van der Waals surface area contributed by atoms with E-state index in [-0.39, 0.29) is 5.69 Å². The first-order chi connectivity index (χ1) is 13.2. The summed E-state index contributed by atoms with van der Waals surface area (Å²) in [6.45, 7) is 9.95. The Morgan fingerprint density at radius 1 is 0.964 bits per heavy atom. The van der Waals surface area contributed by atoms with Crippen LogP contribution in [0.3, 0.4) is 0 Å². The van der Waals surface area contributed by atoms with E-state index in [0.29, 0.717) is 39.3 Å². The van der Waals surface area contributed by atoms with Crippen LogP contribution in [0.4, 0.5) is 0 Å². The molecule has 0 unspecified atom stereocenters. The Labute approximate surface area is 167 Å². The van der Waals surface area contributed by atoms with Crippen LogP contribution >= 0.6 is 0 Å². The van der Waals surface area contributed by atoms with Crippen LogP contribution < -0.4 is 5.69 Å². The van der Waals surface area contributed by atoms with Crippen molar-refractivity contribution in [3.8, 4) is 0 Å². The molecule has 1 aromatic heterocycles. The molecule has 0 bridgehead atoms. The van der Waals surface area contributed by atoms with Crippen LogP contribution in [0.2, 0.25) is 0 Å². The Kier molecular flexibility index (Phi) is 6.00. The highest BCUT2D eigenvalue weighted by atomic mass is 32.2. The lowest BCUT2D eigenvalue weighted by Crippen LogP contribution is -2.52. The standard InChI is InChI=1S/C19H31N5O3S/c1-6-23(7-2)28(26,27)24-10-8-22(9-11-24)14-16-13-18-17(12-15(16)3)20(4)19(25)21(18)5/h12-13H,6-11,14H2,1-5H3. The van der Waals surface area contributed by atoms with Crippen molar-refractivity contribution in [3.63, 3.8) is 0 Å². The number of fused-ring (bicyclic) bond motifs is 1. The van der Waals surface area contributed by atoms with E-state index in [2.05, 4.69) is 24.0 Å². The molecule has 1 aromatic carbocycles. The second-order valence-electron chi connectivity index (χ2n) is 7.44.